The lowest BCUT2D eigenvalue weighted by atomic mass is 10.1. The third-order valence-corrected chi connectivity index (χ3v) is 4.73. The number of carbonyl (C=O) groups is 2. The van der Waals surface area contributed by atoms with Gasteiger partial charge in [-0.3, -0.25) is 4.79 Å². The number of carboxylic acids is 1. The summed E-state index contributed by atoms with van der Waals surface area (Å²) in [6.45, 7) is 0. The van der Waals surface area contributed by atoms with Gasteiger partial charge in [0.1, 0.15) is 11.5 Å². The minimum atomic E-state index is -1.11. The van der Waals surface area contributed by atoms with Crippen molar-refractivity contribution < 1.29 is 14.7 Å². The van der Waals surface area contributed by atoms with Gasteiger partial charge in [-0.05, 0) is 35.7 Å². The number of fused-ring (bicyclic) bond motifs is 1. The van der Waals surface area contributed by atoms with Crippen LogP contribution in [-0.2, 0) is 0 Å². The number of amides is 1. The Balaban J connectivity index is 1.64. The molecule has 0 spiro atoms. The lowest BCUT2D eigenvalue weighted by Gasteiger charge is -2.22. The molecule has 0 aliphatic rings. The van der Waals surface area contributed by atoms with E-state index in [2.05, 4.69) is 15.3 Å². The molecule has 0 atom stereocenters. The summed E-state index contributed by atoms with van der Waals surface area (Å²) < 4.78 is 0. The van der Waals surface area contributed by atoms with Crippen LogP contribution in [0.3, 0.4) is 0 Å². The Morgan fingerprint density at radius 2 is 1.67 bits per heavy atom. The molecule has 2 aromatic carbocycles. The molecule has 1 amide bonds. The molecule has 4 aromatic rings. The normalized spacial score (nSPS) is 10.6. The number of para-hydroxylation sites is 1. The molecule has 4 rings (SSSR count). The van der Waals surface area contributed by atoms with Crippen molar-refractivity contribution in [2.45, 2.75) is 0 Å². The summed E-state index contributed by atoms with van der Waals surface area (Å²) in [6.07, 6.45) is 3.14. The number of nitrogens with zero attached hydrogens (tertiary/aromatic N) is 3. The number of rotatable bonds is 5. The molecule has 0 unspecified atom stereocenters. The number of carbonyl (C=O) groups excluding carboxylic acids is 1. The quantitative estimate of drug-likeness (QED) is 0.519. The number of benzene rings is 2. The number of pyridine rings is 2. The molecule has 2 N–H and O–H groups in total. The number of nitrogens with one attached hydrogen (secondary N) is 1. The Bertz CT molecular complexity index is 1260. The topological polar surface area (TPSA) is 95.4 Å². The fourth-order valence-corrected chi connectivity index (χ4v) is 3.18. The van der Waals surface area contributed by atoms with Crippen LogP contribution in [-0.4, -0.2) is 34.0 Å². The SMILES string of the molecule is CN(c1ccnc(C(=O)O)c1)c1ccccc1C(=O)Nc1cc2ccccc2cn1. The molecule has 2 heterocycles. The maximum absolute atomic E-state index is 13.0. The highest BCUT2D eigenvalue weighted by Crippen LogP contribution is 2.28. The Labute approximate surface area is 172 Å². The van der Waals surface area contributed by atoms with Crippen LogP contribution in [0.1, 0.15) is 20.8 Å². The van der Waals surface area contributed by atoms with Gasteiger partial charge in [-0.2, -0.15) is 0 Å². The Kier molecular flexibility index (Phi) is 5.09. The standard InChI is InChI=1S/C23H18N4O3/c1-27(17-10-11-24-19(13-17)23(29)30)20-9-5-4-8-18(20)22(28)26-21-12-15-6-2-3-7-16(15)14-25-21/h2-14H,1H3,(H,29,30)(H,25,26,28). The van der Waals surface area contributed by atoms with Crippen LogP contribution >= 0.6 is 0 Å². The summed E-state index contributed by atoms with van der Waals surface area (Å²) >= 11 is 0. The van der Waals surface area contributed by atoms with Gasteiger partial charge in [-0.1, -0.05) is 36.4 Å². The first-order chi connectivity index (χ1) is 14.5. The molecule has 30 heavy (non-hydrogen) atoms. The zero-order valence-corrected chi connectivity index (χ0v) is 16.1. The van der Waals surface area contributed by atoms with Crippen molar-refractivity contribution in [3.8, 4) is 0 Å². The number of hydrogen-bond acceptors (Lipinski definition) is 5. The molecule has 7 heteroatoms. The molecular formula is C23H18N4O3. The number of aromatic carboxylic acids is 1. The first-order valence-electron chi connectivity index (χ1n) is 9.21. The van der Waals surface area contributed by atoms with Gasteiger partial charge in [0.05, 0.1) is 11.3 Å². The fraction of sp³-hybridized carbons (Fsp3) is 0.0435. The summed E-state index contributed by atoms with van der Waals surface area (Å²) in [7, 11) is 1.77. The number of carboxylic acid groups (broad SMARTS) is 1. The van der Waals surface area contributed by atoms with Crippen molar-refractivity contribution in [1.82, 2.24) is 9.97 Å². The minimum absolute atomic E-state index is 0.0679. The van der Waals surface area contributed by atoms with Crippen molar-refractivity contribution >= 4 is 39.8 Å². The molecular weight excluding hydrogens is 380 g/mol. The van der Waals surface area contributed by atoms with Gasteiger partial charge >= 0.3 is 5.97 Å². The van der Waals surface area contributed by atoms with E-state index in [-0.39, 0.29) is 11.6 Å². The summed E-state index contributed by atoms with van der Waals surface area (Å²) in [5.41, 5.74) is 1.59. The van der Waals surface area contributed by atoms with E-state index in [0.29, 0.717) is 22.8 Å². The van der Waals surface area contributed by atoms with Crippen LogP contribution in [0.4, 0.5) is 17.2 Å². The number of hydrogen-bond donors (Lipinski definition) is 2. The third kappa shape index (κ3) is 3.81. The smallest absolute Gasteiger partial charge is 0.354 e. The van der Waals surface area contributed by atoms with Crippen LogP contribution in [0, 0.1) is 0 Å². The second-order valence-electron chi connectivity index (χ2n) is 6.65. The zero-order valence-electron chi connectivity index (χ0n) is 16.1. The highest BCUT2D eigenvalue weighted by molar-refractivity contribution is 6.08. The summed E-state index contributed by atoms with van der Waals surface area (Å²) in [6, 6.07) is 19.8. The predicted molar refractivity (Wildman–Crippen MR) is 115 cm³/mol. The van der Waals surface area contributed by atoms with Gasteiger partial charge in [-0.25, -0.2) is 14.8 Å². The van der Waals surface area contributed by atoms with Crippen molar-refractivity contribution in [2.75, 3.05) is 17.3 Å². The van der Waals surface area contributed by atoms with Crippen LogP contribution in [0.5, 0.6) is 0 Å². The highest BCUT2D eigenvalue weighted by Gasteiger charge is 2.17. The molecule has 148 valence electrons. The van der Waals surface area contributed by atoms with Crippen LogP contribution in [0.15, 0.2) is 79.1 Å². The van der Waals surface area contributed by atoms with Crippen molar-refractivity contribution in [2.24, 2.45) is 0 Å². The molecule has 2 aromatic heterocycles. The minimum Gasteiger partial charge on any atom is -0.477 e. The largest absolute Gasteiger partial charge is 0.477 e. The second kappa shape index (κ2) is 8.00. The molecule has 0 bridgehead atoms. The van der Waals surface area contributed by atoms with Crippen molar-refractivity contribution in [3.63, 3.8) is 0 Å². The van der Waals surface area contributed by atoms with E-state index in [4.69, 9.17) is 0 Å². The van der Waals surface area contributed by atoms with Crippen LogP contribution < -0.4 is 10.2 Å². The van der Waals surface area contributed by atoms with Gasteiger partial charge in [0.15, 0.2) is 0 Å². The Morgan fingerprint density at radius 1 is 0.933 bits per heavy atom. The molecule has 0 aliphatic heterocycles. The van der Waals surface area contributed by atoms with Crippen LogP contribution in [0.2, 0.25) is 0 Å². The molecule has 0 fully saturated rings. The van der Waals surface area contributed by atoms with E-state index >= 15 is 0 Å². The molecule has 7 nitrogen and oxygen atoms in total. The monoisotopic (exact) mass is 398 g/mol. The highest BCUT2D eigenvalue weighted by atomic mass is 16.4. The Morgan fingerprint density at radius 3 is 2.47 bits per heavy atom. The average Bonchev–Trinajstić information content (AvgIpc) is 2.78. The first kappa shape index (κ1) is 19.1. The maximum Gasteiger partial charge on any atom is 0.354 e. The van der Waals surface area contributed by atoms with Crippen molar-refractivity contribution in [3.05, 3.63) is 90.4 Å². The number of aromatic nitrogens is 2. The van der Waals surface area contributed by atoms with Gasteiger partial charge in [0.2, 0.25) is 0 Å². The number of anilines is 3. The zero-order chi connectivity index (χ0) is 21.1. The Hall–Kier alpha value is -4.26. The van der Waals surface area contributed by atoms with Gasteiger partial charge in [-0.15, -0.1) is 0 Å². The molecule has 0 saturated heterocycles. The predicted octanol–water partition coefficient (Wildman–Crippen LogP) is 4.35. The summed E-state index contributed by atoms with van der Waals surface area (Å²) in [5, 5.41) is 14.0. The van der Waals surface area contributed by atoms with Crippen LogP contribution in [0.25, 0.3) is 10.8 Å². The van der Waals surface area contributed by atoms with E-state index in [1.54, 1.807) is 42.4 Å². The molecule has 0 aliphatic carbocycles. The van der Waals surface area contributed by atoms with Gasteiger partial charge < -0.3 is 15.3 Å². The fourth-order valence-electron chi connectivity index (χ4n) is 3.18. The lowest BCUT2D eigenvalue weighted by molar-refractivity contribution is 0.0690. The van der Waals surface area contributed by atoms with Crippen molar-refractivity contribution in [1.29, 1.82) is 0 Å². The lowest BCUT2D eigenvalue weighted by Crippen LogP contribution is -2.19. The van der Waals surface area contributed by atoms with Gasteiger partial charge in [0.25, 0.3) is 5.91 Å². The van der Waals surface area contributed by atoms with E-state index < -0.39 is 5.97 Å². The summed E-state index contributed by atoms with van der Waals surface area (Å²) in [5.74, 6) is -0.973. The molecule has 0 radical (unpaired) electrons. The van der Waals surface area contributed by atoms with E-state index in [1.165, 1.54) is 12.3 Å². The summed E-state index contributed by atoms with van der Waals surface area (Å²) in [4.78, 5) is 34.1. The second-order valence-corrected chi connectivity index (χ2v) is 6.65. The third-order valence-electron chi connectivity index (χ3n) is 4.73. The molecule has 0 saturated carbocycles. The van der Waals surface area contributed by atoms with Gasteiger partial charge in [0, 0.05) is 30.5 Å². The maximum atomic E-state index is 13.0. The average molecular weight is 398 g/mol. The van der Waals surface area contributed by atoms with E-state index in [1.807, 2.05) is 36.4 Å². The van der Waals surface area contributed by atoms with E-state index in [9.17, 15) is 14.7 Å². The van der Waals surface area contributed by atoms with E-state index in [0.717, 1.165) is 10.8 Å². The first-order valence-corrected chi connectivity index (χ1v) is 9.21.